The number of imidazole rings is 1. The van der Waals surface area contributed by atoms with Gasteiger partial charge in [0, 0.05) is 18.3 Å². The fourth-order valence-corrected chi connectivity index (χ4v) is 2.87. The van der Waals surface area contributed by atoms with Crippen molar-refractivity contribution in [3.8, 4) is 0 Å². The average Bonchev–Trinajstić information content (AvgIpc) is 3.38. The van der Waals surface area contributed by atoms with Crippen molar-refractivity contribution in [3.63, 3.8) is 0 Å². The first-order chi connectivity index (χ1) is 13.8. The Kier molecular flexibility index (Phi) is 8.09. The number of amides is 3. The normalized spacial score (nSPS) is 19.0. The van der Waals surface area contributed by atoms with Gasteiger partial charge in [-0.05, 0) is 26.3 Å². The second kappa shape index (κ2) is 10.5. The third kappa shape index (κ3) is 6.54. The van der Waals surface area contributed by atoms with E-state index in [0.717, 1.165) is 13.0 Å². The maximum atomic E-state index is 12.5. The smallest absolute Gasteiger partial charge is 0.328 e. The second-order valence-electron chi connectivity index (χ2n) is 6.80. The molecule has 0 saturated carbocycles. The standard InChI is InChI=1S/C17H26N6O6/c1-9(21-15(26)11-3-2-4-19-11)14(25)22-12(5-10-6-18-8-20-10)16(27)23-13(7-24)17(28)29/h6,8-9,11-13,19,24H,2-5,7H2,1H3,(H,18,20)(H,21,26)(H,22,25)(H,23,27)(H,28,29). The number of aromatic nitrogens is 2. The van der Waals surface area contributed by atoms with Crippen molar-refractivity contribution < 1.29 is 29.4 Å². The van der Waals surface area contributed by atoms with Gasteiger partial charge in [0.2, 0.25) is 17.7 Å². The Morgan fingerprint density at radius 1 is 1.21 bits per heavy atom. The van der Waals surface area contributed by atoms with Gasteiger partial charge in [0.15, 0.2) is 0 Å². The molecule has 1 saturated heterocycles. The quantitative estimate of drug-likeness (QED) is 0.216. The summed E-state index contributed by atoms with van der Waals surface area (Å²) in [6.07, 6.45) is 4.44. The molecule has 7 N–H and O–H groups in total. The molecule has 1 aliphatic rings. The highest BCUT2D eigenvalue weighted by molar-refractivity contribution is 5.94. The van der Waals surface area contributed by atoms with Gasteiger partial charge in [-0.2, -0.15) is 0 Å². The van der Waals surface area contributed by atoms with Crippen LogP contribution in [0, 0.1) is 0 Å². The van der Waals surface area contributed by atoms with Crippen LogP contribution in [0.2, 0.25) is 0 Å². The number of hydrogen-bond acceptors (Lipinski definition) is 7. The van der Waals surface area contributed by atoms with E-state index in [1.807, 2.05) is 0 Å². The molecule has 29 heavy (non-hydrogen) atoms. The van der Waals surface area contributed by atoms with Crippen LogP contribution >= 0.6 is 0 Å². The summed E-state index contributed by atoms with van der Waals surface area (Å²) in [4.78, 5) is 54.9. The Labute approximate surface area is 166 Å². The zero-order valence-corrected chi connectivity index (χ0v) is 16.0. The Hall–Kier alpha value is -2.99. The van der Waals surface area contributed by atoms with E-state index in [-0.39, 0.29) is 18.4 Å². The van der Waals surface area contributed by atoms with E-state index in [1.54, 1.807) is 0 Å². The molecule has 0 bridgehead atoms. The highest BCUT2D eigenvalue weighted by Gasteiger charge is 2.30. The first-order valence-corrected chi connectivity index (χ1v) is 9.27. The van der Waals surface area contributed by atoms with E-state index >= 15 is 0 Å². The zero-order chi connectivity index (χ0) is 21.4. The van der Waals surface area contributed by atoms with Gasteiger partial charge in [-0.1, -0.05) is 0 Å². The van der Waals surface area contributed by atoms with Crippen molar-refractivity contribution in [2.24, 2.45) is 0 Å². The van der Waals surface area contributed by atoms with Crippen molar-refractivity contribution >= 4 is 23.7 Å². The number of rotatable bonds is 10. The van der Waals surface area contributed by atoms with Crippen LogP contribution in [0.15, 0.2) is 12.5 Å². The lowest BCUT2D eigenvalue weighted by atomic mass is 10.1. The van der Waals surface area contributed by atoms with Gasteiger partial charge in [0.05, 0.1) is 19.0 Å². The first kappa shape index (κ1) is 22.3. The molecule has 12 heteroatoms. The van der Waals surface area contributed by atoms with Crippen LogP contribution in [0.4, 0.5) is 0 Å². The predicted molar refractivity (Wildman–Crippen MR) is 99.5 cm³/mol. The fraction of sp³-hybridized carbons (Fsp3) is 0.588. The molecule has 1 aromatic heterocycles. The monoisotopic (exact) mass is 410 g/mol. The van der Waals surface area contributed by atoms with Gasteiger partial charge in [0.25, 0.3) is 0 Å². The van der Waals surface area contributed by atoms with Gasteiger partial charge in [-0.15, -0.1) is 0 Å². The van der Waals surface area contributed by atoms with Gasteiger partial charge in [-0.25, -0.2) is 9.78 Å². The van der Waals surface area contributed by atoms with Gasteiger partial charge in [0.1, 0.15) is 18.1 Å². The summed E-state index contributed by atoms with van der Waals surface area (Å²) >= 11 is 0. The number of carboxylic acid groups (broad SMARTS) is 1. The van der Waals surface area contributed by atoms with Crippen LogP contribution in [0.25, 0.3) is 0 Å². The molecule has 0 aromatic carbocycles. The second-order valence-corrected chi connectivity index (χ2v) is 6.80. The molecule has 2 rings (SSSR count). The Bertz CT molecular complexity index is 718. The Morgan fingerprint density at radius 3 is 2.48 bits per heavy atom. The molecule has 0 aliphatic carbocycles. The number of aliphatic carboxylic acids is 1. The molecule has 3 amide bonds. The molecule has 12 nitrogen and oxygen atoms in total. The SMILES string of the molecule is CC(NC(=O)C1CCCN1)C(=O)NC(Cc1cnc[nH]1)C(=O)NC(CO)C(=O)O. The molecule has 2 heterocycles. The van der Waals surface area contributed by atoms with E-state index in [2.05, 4.69) is 31.2 Å². The number of carbonyl (C=O) groups excluding carboxylic acids is 3. The molecule has 1 aliphatic heterocycles. The van der Waals surface area contributed by atoms with Crippen LogP contribution in [0.3, 0.4) is 0 Å². The molecule has 1 aromatic rings. The van der Waals surface area contributed by atoms with E-state index < -0.39 is 42.5 Å². The maximum Gasteiger partial charge on any atom is 0.328 e. The van der Waals surface area contributed by atoms with E-state index in [4.69, 9.17) is 10.2 Å². The lowest BCUT2D eigenvalue weighted by Crippen LogP contribution is -2.57. The highest BCUT2D eigenvalue weighted by atomic mass is 16.4. The van der Waals surface area contributed by atoms with Crippen molar-refractivity contribution in [2.45, 2.75) is 50.4 Å². The minimum Gasteiger partial charge on any atom is -0.480 e. The summed E-state index contributed by atoms with van der Waals surface area (Å²) in [7, 11) is 0. The van der Waals surface area contributed by atoms with Crippen molar-refractivity contribution in [3.05, 3.63) is 18.2 Å². The van der Waals surface area contributed by atoms with Crippen molar-refractivity contribution in [1.82, 2.24) is 31.2 Å². The topological polar surface area (TPSA) is 186 Å². The number of aromatic amines is 1. The van der Waals surface area contributed by atoms with E-state index in [1.165, 1.54) is 19.4 Å². The zero-order valence-electron chi connectivity index (χ0n) is 16.0. The Balaban J connectivity index is 2.01. The summed E-state index contributed by atoms with van der Waals surface area (Å²) in [6.45, 7) is 1.43. The number of nitrogens with one attached hydrogen (secondary N) is 5. The van der Waals surface area contributed by atoms with Gasteiger partial charge < -0.3 is 36.5 Å². The minimum atomic E-state index is -1.51. The summed E-state index contributed by atoms with van der Waals surface area (Å²) in [5, 5.41) is 28.4. The summed E-state index contributed by atoms with van der Waals surface area (Å²) in [5.74, 6) is -3.10. The number of H-pyrrole nitrogens is 1. The molecule has 4 atom stereocenters. The summed E-state index contributed by atoms with van der Waals surface area (Å²) in [6, 6.07) is -3.90. The molecule has 0 spiro atoms. The minimum absolute atomic E-state index is 0.0141. The maximum absolute atomic E-state index is 12.5. The molecule has 1 fully saturated rings. The predicted octanol–water partition coefficient (Wildman–Crippen LogP) is -2.74. The van der Waals surface area contributed by atoms with Crippen molar-refractivity contribution in [2.75, 3.05) is 13.2 Å². The number of carbonyl (C=O) groups is 4. The van der Waals surface area contributed by atoms with E-state index in [9.17, 15) is 19.2 Å². The lowest BCUT2D eigenvalue weighted by Gasteiger charge is -2.23. The number of nitrogens with zero attached hydrogens (tertiary/aromatic N) is 1. The van der Waals surface area contributed by atoms with Crippen LogP contribution in [-0.4, -0.2) is 81.2 Å². The van der Waals surface area contributed by atoms with Gasteiger partial charge in [-0.3, -0.25) is 14.4 Å². The largest absolute Gasteiger partial charge is 0.480 e. The number of aliphatic hydroxyl groups is 1. The number of hydrogen-bond donors (Lipinski definition) is 7. The lowest BCUT2D eigenvalue weighted by molar-refractivity contribution is -0.143. The fourth-order valence-electron chi connectivity index (χ4n) is 2.87. The van der Waals surface area contributed by atoms with Crippen LogP contribution in [-0.2, 0) is 25.6 Å². The first-order valence-electron chi connectivity index (χ1n) is 9.27. The number of aliphatic hydroxyl groups excluding tert-OH is 1. The molecule has 0 radical (unpaired) electrons. The Morgan fingerprint density at radius 2 is 1.93 bits per heavy atom. The molecule has 4 unspecified atom stereocenters. The molecular weight excluding hydrogens is 384 g/mol. The van der Waals surface area contributed by atoms with Crippen LogP contribution in [0.1, 0.15) is 25.5 Å². The van der Waals surface area contributed by atoms with Gasteiger partial charge >= 0.3 is 5.97 Å². The third-order valence-corrected chi connectivity index (χ3v) is 4.54. The van der Waals surface area contributed by atoms with Crippen molar-refractivity contribution in [1.29, 1.82) is 0 Å². The molecule has 160 valence electrons. The third-order valence-electron chi connectivity index (χ3n) is 4.54. The van der Waals surface area contributed by atoms with Crippen LogP contribution in [0.5, 0.6) is 0 Å². The molecular formula is C17H26N6O6. The summed E-state index contributed by atoms with van der Waals surface area (Å²) in [5.41, 5.74) is 0.535. The van der Waals surface area contributed by atoms with E-state index in [0.29, 0.717) is 12.1 Å². The highest BCUT2D eigenvalue weighted by Crippen LogP contribution is 2.05. The average molecular weight is 410 g/mol. The van der Waals surface area contributed by atoms with Crippen LogP contribution < -0.4 is 21.3 Å². The summed E-state index contributed by atoms with van der Waals surface area (Å²) < 4.78 is 0. The number of carboxylic acids is 1.